The van der Waals surface area contributed by atoms with Crippen molar-refractivity contribution in [1.82, 2.24) is 0 Å². The van der Waals surface area contributed by atoms with Gasteiger partial charge < -0.3 is 14.2 Å². The molecule has 4 nitrogen and oxygen atoms in total. The summed E-state index contributed by atoms with van der Waals surface area (Å²) in [5.41, 5.74) is 4.09. The maximum absolute atomic E-state index is 14.9. The minimum atomic E-state index is -0.921. The number of ether oxygens (including phenoxy) is 3. The molecule has 192 valence electrons. The van der Waals surface area contributed by atoms with Crippen LogP contribution >= 0.6 is 0 Å². The second kappa shape index (κ2) is 11.1. The lowest BCUT2D eigenvalue weighted by Crippen LogP contribution is -2.31. The van der Waals surface area contributed by atoms with Crippen LogP contribution in [0.4, 0.5) is 13.2 Å². The molecule has 5 rings (SSSR count). The zero-order chi connectivity index (χ0) is 26.6. The van der Waals surface area contributed by atoms with Crippen molar-refractivity contribution in [2.24, 2.45) is 5.92 Å². The Morgan fingerprint density at radius 1 is 0.789 bits per heavy atom. The van der Waals surface area contributed by atoms with Crippen LogP contribution in [0.5, 0.6) is 5.75 Å². The van der Waals surface area contributed by atoms with Gasteiger partial charge in [-0.3, -0.25) is 0 Å². The lowest BCUT2D eigenvalue weighted by atomic mass is 9.99. The first-order valence-electron chi connectivity index (χ1n) is 12.1. The maximum atomic E-state index is 14.9. The number of hydrogen-bond acceptors (Lipinski definition) is 4. The second-order valence-corrected chi connectivity index (χ2v) is 9.24. The Morgan fingerprint density at radius 3 is 2.00 bits per heavy atom. The Morgan fingerprint density at radius 2 is 1.39 bits per heavy atom. The van der Waals surface area contributed by atoms with Gasteiger partial charge in [0, 0.05) is 17.0 Å². The van der Waals surface area contributed by atoms with Gasteiger partial charge in [0.15, 0.2) is 23.7 Å². The molecule has 4 aromatic rings. The summed E-state index contributed by atoms with van der Waals surface area (Å²) in [6.45, 7) is 2.48. The summed E-state index contributed by atoms with van der Waals surface area (Å²) in [7, 11) is 0. The quantitative estimate of drug-likeness (QED) is 0.269. The number of nitriles is 1. The number of benzene rings is 4. The molecule has 1 aliphatic rings. The summed E-state index contributed by atoms with van der Waals surface area (Å²) in [6.07, 6.45) is -0.584. The molecule has 0 aromatic heterocycles. The van der Waals surface area contributed by atoms with Gasteiger partial charge in [-0.2, -0.15) is 5.26 Å². The monoisotopic (exact) mass is 515 g/mol. The summed E-state index contributed by atoms with van der Waals surface area (Å²) in [5.74, 6) is -3.19. The number of nitrogens with zero attached hydrogens (tertiary/aromatic N) is 1. The van der Waals surface area contributed by atoms with Crippen molar-refractivity contribution in [3.63, 3.8) is 0 Å². The molecule has 0 unspecified atom stereocenters. The van der Waals surface area contributed by atoms with Gasteiger partial charge in [-0.25, -0.2) is 13.2 Å². The first-order chi connectivity index (χ1) is 18.4. The fourth-order valence-corrected chi connectivity index (χ4v) is 4.28. The second-order valence-electron chi connectivity index (χ2n) is 9.24. The molecule has 1 heterocycles. The molecular weight excluding hydrogens is 491 g/mol. The van der Waals surface area contributed by atoms with Crippen LogP contribution in [0.2, 0.25) is 0 Å². The van der Waals surface area contributed by atoms with Crippen molar-refractivity contribution in [2.45, 2.75) is 13.2 Å². The highest BCUT2D eigenvalue weighted by Crippen LogP contribution is 2.33. The molecule has 0 bridgehead atoms. The molecule has 0 radical (unpaired) electrons. The fraction of sp³-hybridized carbons (Fsp3) is 0.194. The highest BCUT2D eigenvalue weighted by atomic mass is 19.1. The molecule has 0 atom stereocenters. The highest BCUT2D eigenvalue weighted by Gasteiger charge is 2.25. The van der Waals surface area contributed by atoms with E-state index >= 15 is 0 Å². The number of rotatable bonds is 6. The summed E-state index contributed by atoms with van der Waals surface area (Å²) in [4.78, 5) is 0. The van der Waals surface area contributed by atoms with E-state index in [1.807, 2.05) is 31.2 Å². The van der Waals surface area contributed by atoms with Gasteiger partial charge in [-0.15, -0.1) is 0 Å². The van der Waals surface area contributed by atoms with Crippen LogP contribution in [-0.2, 0) is 9.47 Å². The summed E-state index contributed by atoms with van der Waals surface area (Å²) >= 11 is 0. The SMILES string of the molecule is Cc1ccc(-c2ccc(-c3cc(F)c(OCC4COC(c5ccc(C#N)cc5)OC4)c(F)c3)c(F)c2)cc1. The van der Waals surface area contributed by atoms with Crippen LogP contribution in [0.1, 0.15) is 23.0 Å². The van der Waals surface area contributed by atoms with E-state index in [1.165, 1.54) is 12.1 Å². The van der Waals surface area contributed by atoms with E-state index < -0.39 is 29.5 Å². The van der Waals surface area contributed by atoms with E-state index in [0.29, 0.717) is 11.1 Å². The zero-order valence-corrected chi connectivity index (χ0v) is 20.6. The fourth-order valence-electron chi connectivity index (χ4n) is 4.28. The molecule has 0 saturated carbocycles. The molecule has 0 amide bonds. The van der Waals surface area contributed by atoms with Crippen LogP contribution in [0.15, 0.2) is 78.9 Å². The van der Waals surface area contributed by atoms with Crippen LogP contribution in [-0.4, -0.2) is 19.8 Å². The van der Waals surface area contributed by atoms with Crippen molar-refractivity contribution in [1.29, 1.82) is 5.26 Å². The first-order valence-corrected chi connectivity index (χ1v) is 12.1. The Balaban J connectivity index is 1.23. The molecule has 0 N–H and O–H groups in total. The topological polar surface area (TPSA) is 51.5 Å². The minimum absolute atomic E-state index is 0.0209. The van der Waals surface area contributed by atoms with E-state index in [4.69, 9.17) is 19.5 Å². The largest absolute Gasteiger partial charge is 0.487 e. The molecule has 4 aromatic carbocycles. The Bertz CT molecular complexity index is 1450. The summed E-state index contributed by atoms with van der Waals surface area (Å²) in [6, 6.07) is 23.3. The van der Waals surface area contributed by atoms with E-state index in [0.717, 1.165) is 28.8 Å². The van der Waals surface area contributed by atoms with Crippen molar-refractivity contribution in [2.75, 3.05) is 19.8 Å². The minimum Gasteiger partial charge on any atom is -0.487 e. The van der Waals surface area contributed by atoms with Crippen LogP contribution < -0.4 is 4.74 Å². The van der Waals surface area contributed by atoms with Gasteiger partial charge >= 0.3 is 0 Å². The average molecular weight is 516 g/mol. The Kier molecular flexibility index (Phi) is 7.45. The molecule has 1 fully saturated rings. The molecule has 0 spiro atoms. The Labute approximate surface area is 218 Å². The summed E-state index contributed by atoms with van der Waals surface area (Å²) < 4.78 is 61.5. The van der Waals surface area contributed by atoms with Crippen LogP contribution in [0.25, 0.3) is 22.3 Å². The van der Waals surface area contributed by atoms with Crippen LogP contribution in [0.3, 0.4) is 0 Å². The van der Waals surface area contributed by atoms with E-state index in [9.17, 15) is 13.2 Å². The van der Waals surface area contributed by atoms with Crippen molar-refractivity contribution in [3.8, 4) is 34.1 Å². The molecule has 0 aliphatic carbocycles. The van der Waals surface area contributed by atoms with Crippen LogP contribution in [0, 0.1) is 41.6 Å². The average Bonchev–Trinajstić information content (AvgIpc) is 2.93. The van der Waals surface area contributed by atoms with Gasteiger partial charge in [0.05, 0.1) is 31.5 Å². The molecular formula is C31H24F3NO3. The molecule has 1 aliphatic heterocycles. The van der Waals surface area contributed by atoms with Crippen molar-refractivity contribution >= 4 is 0 Å². The van der Waals surface area contributed by atoms with Gasteiger partial charge in [-0.05, 0) is 53.9 Å². The van der Waals surface area contributed by atoms with Gasteiger partial charge in [0.1, 0.15) is 5.82 Å². The molecule has 1 saturated heterocycles. The van der Waals surface area contributed by atoms with Crippen molar-refractivity contribution in [3.05, 3.63) is 113 Å². The summed E-state index contributed by atoms with van der Waals surface area (Å²) in [5, 5.41) is 8.91. The lowest BCUT2D eigenvalue weighted by Gasteiger charge is -2.29. The third-order valence-corrected chi connectivity index (χ3v) is 6.41. The predicted molar refractivity (Wildman–Crippen MR) is 137 cm³/mol. The predicted octanol–water partition coefficient (Wildman–Crippen LogP) is 7.36. The first kappa shape index (κ1) is 25.5. The molecule has 7 heteroatoms. The third-order valence-electron chi connectivity index (χ3n) is 6.41. The highest BCUT2D eigenvalue weighted by molar-refractivity contribution is 5.71. The smallest absolute Gasteiger partial charge is 0.190 e. The number of halogens is 3. The van der Waals surface area contributed by atoms with Gasteiger partial charge in [0.2, 0.25) is 0 Å². The normalized spacial score (nSPS) is 17.1. The maximum Gasteiger partial charge on any atom is 0.190 e. The third kappa shape index (κ3) is 5.57. The van der Waals surface area contributed by atoms with E-state index in [-0.39, 0.29) is 36.9 Å². The van der Waals surface area contributed by atoms with Gasteiger partial charge in [0.25, 0.3) is 0 Å². The number of hydrogen-bond donors (Lipinski definition) is 0. The number of aryl methyl sites for hydroxylation is 1. The Hall–Kier alpha value is -4.12. The van der Waals surface area contributed by atoms with Crippen molar-refractivity contribution < 1.29 is 27.4 Å². The molecule has 38 heavy (non-hydrogen) atoms. The zero-order valence-electron chi connectivity index (χ0n) is 20.6. The lowest BCUT2D eigenvalue weighted by molar-refractivity contribution is -0.208. The van der Waals surface area contributed by atoms with E-state index in [1.54, 1.807) is 30.3 Å². The standard InChI is InChI=1S/C31H24F3NO3/c1-19-2-6-22(7-3-19)24-10-11-26(27(32)12-24)25-13-28(33)30(29(34)14-25)36-16-21-17-37-31(38-18-21)23-8-4-20(15-35)5-9-23/h2-14,21,31H,16-18H2,1H3. The van der Waals surface area contributed by atoms with E-state index in [2.05, 4.69) is 6.07 Å². The van der Waals surface area contributed by atoms with Gasteiger partial charge in [-0.1, -0.05) is 54.1 Å².